The van der Waals surface area contributed by atoms with Gasteiger partial charge in [-0.1, -0.05) is 24.3 Å². The lowest BCUT2D eigenvalue weighted by Gasteiger charge is -2.08. The van der Waals surface area contributed by atoms with E-state index in [1.807, 2.05) is 24.3 Å². The summed E-state index contributed by atoms with van der Waals surface area (Å²) in [4.78, 5) is 10.4. The molecule has 1 aliphatic rings. The third kappa shape index (κ3) is 2.61. The molecule has 1 fully saturated rings. The number of aryl methyl sites for hydroxylation is 1. The fourth-order valence-corrected chi connectivity index (χ4v) is 1.83. The van der Waals surface area contributed by atoms with Gasteiger partial charge in [0, 0.05) is 6.42 Å². The first kappa shape index (κ1) is 11.1. The molecule has 0 saturated heterocycles. The summed E-state index contributed by atoms with van der Waals surface area (Å²) < 4.78 is 0. The molecule has 0 heterocycles. The van der Waals surface area contributed by atoms with Gasteiger partial charge in [-0.3, -0.25) is 4.79 Å². The van der Waals surface area contributed by atoms with Crippen molar-refractivity contribution in [1.82, 2.24) is 0 Å². The maximum Gasteiger partial charge on any atom is 0.303 e. The summed E-state index contributed by atoms with van der Waals surface area (Å²) in [6, 6.07) is 7.85. The SMILES string of the molecule is O=C(O)CCCc1ccc(C2(O)CC2)cc1. The number of aliphatic carboxylic acids is 1. The molecule has 3 nitrogen and oxygen atoms in total. The first-order valence-corrected chi connectivity index (χ1v) is 5.64. The van der Waals surface area contributed by atoms with Gasteiger partial charge in [-0.2, -0.15) is 0 Å². The molecule has 0 spiro atoms. The van der Waals surface area contributed by atoms with Crippen molar-refractivity contribution >= 4 is 5.97 Å². The van der Waals surface area contributed by atoms with Crippen molar-refractivity contribution in [3.8, 4) is 0 Å². The minimum atomic E-state index is -0.746. The molecular formula is C13H16O3. The molecule has 1 saturated carbocycles. The second-order valence-electron chi connectivity index (χ2n) is 4.48. The number of carbonyl (C=O) groups is 1. The maximum atomic E-state index is 10.4. The number of carboxylic acid groups (broad SMARTS) is 1. The molecule has 0 unspecified atom stereocenters. The highest BCUT2D eigenvalue weighted by molar-refractivity contribution is 5.66. The molecular weight excluding hydrogens is 204 g/mol. The number of benzene rings is 1. The second kappa shape index (κ2) is 4.26. The third-order valence-corrected chi connectivity index (χ3v) is 3.07. The maximum absolute atomic E-state index is 10.4. The molecule has 0 aliphatic heterocycles. The van der Waals surface area contributed by atoms with Crippen LogP contribution in [0, 0.1) is 0 Å². The van der Waals surface area contributed by atoms with Crippen LogP contribution in [0.5, 0.6) is 0 Å². The number of hydrogen-bond acceptors (Lipinski definition) is 2. The molecule has 0 bridgehead atoms. The largest absolute Gasteiger partial charge is 0.481 e. The molecule has 86 valence electrons. The zero-order valence-corrected chi connectivity index (χ0v) is 9.15. The minimum Gasteiger partial charge on any atom is -0.481 e. The number of hydrogen-bond donors (Lipinski definition) is 2. The van der Waals surface area contributed by atoms with E-state index in [4.69, 9.17) is 5.11 Å². The normalized spacial score (nSPS) is 17.1. The molecule has 2 rings (SSSR count). The summed E-state index contributed by atoms with van der Waals surface area (Å²) in [7, 11) is 0. The Kier molecular flexibility index (Phi) is 2.97. The number of rotatable bonds is 5. The van der Waals surface area contributed by atoms with Crippen molar-refractivity contribution in [2.45, 2.75) is 37.7 Å². The average Bonchev–Trinajstić information content (AvgIpc) is 2.98. The van der Waals surface area contributed by atoms with E-state index >= 15 is 0 Å². The van der Waals surface area contributed by atoms with Crippen molar-refractivity contribution in [2.75, 3.05) is 0 Å². The van der Waals surface area contributed by atoms with Gasteiger partial charge in [-0.05, 0) is 36.8 Å². The highest BCUT2D eigenvalue weighted by Crippen LogP contribution is 2.45. The predicted octanol–water partition coefficient (Wildman–Crippen LogP) is 2.08. The Balaban J connectivity index is 1.89. The lowest BCUT2D eigenvalue weighted by molar-refractivity contribution is -0.137. The van der Waals surface area contributed by atoms with Crippen LogP contribution in [0.4, 0.5) is 0 Å². The van der Waals surface area contributed by atoms with Crippen molar-refractivity contribution < 1.29 is 15.0 Å². The quantitative estimate of drug-likeness (QED) is 0.798. The van der Waals surface area contributed by atoms with Crippen LogP contribution in [0.2, 0.25) is 0 Å². The van der Waals surface area contributed by atoms with Gasteiger partial charge in [0.25, 0.3) is 0 Å². The van der Waals surface area contributed by atoms with Crippen molar-refractivity contribution in [3.05, 3.63) is 35.4 Å². The molecule has 1 aliphatic carbocycles. The van der Waals surface area contributed by atoms with Gasteiger partial charge < -0.3 is 10.2 Å². The zero-order valence-electron chi connectivity index (χ0n) is 9.15. The number of aliphatic hydroxyl groups is 1. The topological polar surface area (TPSA) is 57.5 Å². The van der Waals surface area contributed by atoms with Crippen LogP contribution < -0.4 is 0 Å². The van der Waals surface area contributed by atoms with Crippen LogP contribution in [-0.4, -0.2) is 16.2 Å². The summed E-state index contributed by atoms with van der Waals surface area (Å²) in [6.45, 7) is 0. The van der Waals surface area contributed by atoms with Crippen LogP contribution in [-0.2, 0) is 16.8 Å². The van der Waals surface area contributed by atoms with E-state index in [1.165, 1.54) is 0 Å². The average molecular weight is 220 g/mol. The Morgan fingerprint density at radius 3 is 2.38 bits per heavy atom. The van der Waals surface area contributed by atoms with Gasteiger partial charge in [0.2, 0.25) is 0 Å². The summed E-state index contributed by atoms with van der Waals surface area (Å²) in [6.07, 6.45) is 3.37. The first-order chi connectivity index (χ1) is 7.60. The van der Waals surface area contributed by atoms with Crippen LogP contribution in [0.3, 0.4) is 0 Å². The molecule has 0 aromatic heterocycles. The molecule has 0 atom stereocenters. The van der Waals surface area contributed by atoms with E-state index in [1.54, 1.807) is 0 Å². The lowest BCUT2D eigenvalue weighted by Crippen LogP contribution is -2.03. The molecule has 16 heavy (non-hydrogen) atoms. The third-order valence-electron chi connectivity index (χ3n) is 3.07. The van der Waals surface area contributed by atoms with E-state index in [0.29, 0.717) is 6.42 Å². The Bertz CT molecular complexity index is 377. The number of carboxylic acids is 1. The van der Waals surface area contributed by atoms with Crippen molar-refractivity contribution in [1.29, 1.82) is 0 Å². The van der Waals surface area contributed by atoms with E-state index in [9.17, 15) is 9.90 Å². The Morgan fingerprint density at radius 2 is 1.88 bits per heavy atom. The van der Waals surface area contributed by atoms with Gasteiger partial charge in [-0.25, -0.2) is 0 Å². The van der Waals surface area contributed by atoms with E-state index in [0.717, 1.165) is 30.4 Å². The van der Waals surface area contributed by atoms with E-state index in [-0.39, 0.29) is 6.42 Å². The molecule has 1 aromatic rings. The fourth-order valence-electron chi connectivity index (χ4n) is 1.83. The second-order valence-corrected chi connectivity index (χ2v) is 4.48. The Labute approximate surface area is 94.7 Å². The fraction of sp³-hybridized carbons (Fsp3) is 0.462. The van der Waals surface area contributed by atoms with Gasteiger partial charge in [0.05, 0.1) is 5.60 Å². The van der Waals surface area contributed by atoms with Gasteiger partial charge in [-0.15, -0.1) is 0 Å². The van der Waals surface area contributed by atoms with Crippen molar-refractivity contribution in [2.24, 2.45) is 0 Å². The highest BCUT2D eigenvalue weighted by Gasteiger charge is 2.41. The summed E-state index contributed by atoms with van der Waals surface area (Å²) in [5, 5.41) is 18.4. The van der Waals surface area contributed by atoms with Crippen LogP contribution in [0.25, 0.3) is 0 Å². The molecule has 3 heteroatoms. The van der Waals surface area contributed by atoms with E-state index < -0.39 is 11.6 Å². The van der Waals surface area contributed by atoms with Crippen LogP contribution in [0.15, 0.2) is 24.3 Å². The summed E-state index contributed by atoms with van der Waals surface area (Å²) in [5.74, 6) is -0.746. The summed E-state index contributed by atoms with van der Waals surface area (Å²) >= 11 is 0. The standard InChI is InChI=1S/C13H16O3/c14-12(15)3-1-2-10-4-6-11(7-5-10)13(16)8-9-13/h4-7,16H,1-3,8-9H2,(H,14,15). The smallest absolute Gasteiger partial charge is 0.303 e. The molecule has 0 amide bonds. The molecule has 1 aromatic carbocycles. The van der Waals surface area contributed by atoms with Crippen LogP contribution >= 0.6 is 0 Å². The van der Waals surface area contributed by atoms with Crippen molar-refractivity contribution in [3.63, 3.8) is 0 Å². The predicted molar refractivity (Wildman–Crippen MR) is 60.1 cm³/mol. The Morgan fingerprint density at radius 1 is 1.25 bits per heavy atom. The van der Waals surface area contributed by atoms with E-state index in [2.05, 4.69) is 0 Å². The van der Waals surface area contributed by atoms with Gasteiger partial charge in [0.1, 0.15) is 0 Å². The molecule has 2 N–H and O–H groups in total. The summed E-state index contributed by atoms with van der Waals surface area (Å²) in [5.41, 5.74) is 1.54. The minimum absolute atomic E-state index is 0.214. The van der Waals surface area contributed by atoms with Crippen LogP contribution in [0.1, 0.15) is 36.8 Å². The van der Waals surface area contributed by atoms with Gasteiger partial charge in [0.15, 0.2) is 0 Å². The zero-order chi connectivity index (χ0) is 11.6. The monoisotopic (exact) mass is 220 g/mol. The lowest BCUT2D eigenvalue weighted by atomic mass is 10.0. The highest BCUT2D eigenvalue weighted by atomic mass is 16.4. The molecule has 0 radical (unpaired) electrons. The Hall–Kier alpha value is -1.35. The first-order valence-electron chi connectivity index (χ1n) is 5.64. The van der Waals surface area contributed by atoms with Gasteiger partial charge >= 0.3 is 5.97 Å².